The lowest BCUT2D eigenvalue weighted by Gasteiger charge is -2.22. The standard InChI is InChI=1S/C86H136O5/c1-2-3-4-5-6-7-8-9-10-11-12-13-14-15-16-17-18-19-20-21-22-23-24-25-26-27-28-29-30-31-32-33-34-35-36-37-38-39-40-41-42-43-44-45-46-47-48-49-50-51-52-53-54-55-56-57-58-59-68-82(87)90-74-75-69-71-77(72-70-75)91-86-78-65-61-60-64-76(78)73-81-83(86)85(89)80-67-63-62-66-79(80)84(81)88/h60-67,69-73H,2-59,68,74H2,1H3. The third-order valence-electron chi connectivity index (χ3n) is 20.2. The second-order valence-corrected chi connectivity index (χ2v) is 28.4. The van der Waals surface area contributed by atoms with E-state index >= 15 is 0 Å². The molecule has 5 nitrogen and oxygen atoms in total. The van der Waals surface area contributed by atoms with Crippen molar-refractivity contribution in [3.05, 3.63) is 107 Å². The minimum atomic E-state index is -0.219. The molecule has 0 saturated heterocycles. The number of esters is 1. The average molecular weight is 1250 g/mol. The molecule has 0 N–H and O–H groups in total. The van der Waals surface area contributed by atoms with E-state index < -0.39 is 0 Å². The number of benzene rings is 4. The second-order valence-electron chi connectivity index (χ2n) is 28.4. The van der Waals surface area contributed by atoms with Crippen LogP contribution in [0.1, 0.15) is 423 Å². The van der Waals surface area contributed by atoms with Gasteiger partial charge in [0.25, 0.3) is 0 Å². The van der Waals surface area contributed by atoms with Crippen molar-refractivity contribution in [3.63, 3.8) is 0 Å². The van der Waals surface area contributed by atoms with Gasteiger partial charge in [-0.25, -0.2) is 0 Å². The van der Waals surface area contributed by atoms with E-state index in [0.717, 1.165) is 29.2 Å². The van der Waals surface area contributed by atoms with Crippen molar-refractivity contribution in [1.29, 1.82) is 0 Å². The Morgan fingerprint density at radius 2 is 0.593 bits per heavy atom. The first-order chi connectivity index (χ1) is 45.1. The predicted molar refractivity (Wildman–Crippen MR) is 392 cm³/mol. The molecule has 5 heteroatoms. The van der Waals surface area contributed by atoms with Crippen LogP contribution in [0.2, 0.25) is 0 Å². The Bertz CT molecular complexity index is 2420. The Labute approximate surface area is 559 Å². The van der Waals surface area contributed by atoms with Gasteiger partial charge < -0.3 is 9.47 Å². The van der Waals surface area contributed by atoms with E-state index in [2.05, 4.69) is 6.92 Å². The highest BCUT2D eigenvalue weighted by Crippen LogP contribution is 2.41. The first kappa shape index (κ1) is 77.5. The van der Waals surface area contributed by atoms with Gasteiger partial charge in [0.15, 0.2) is 11.6 Å². The van der Waals surface area contributed by atoms with Crippen LogP contribution >= 0.6 is 0 Å². The van der Waals surface area contributed by atoms with Gasteiger partial charge >= 0.3 is 5.97 Å². The number of rotatable bonds is 63. The smallest absolute Gasteiger partial charge is 0.306 e. The lowest BCUT2D eigenvalue weighted by atomic mass is 9.82. The second kappa shape index (κ2) is 54.0. The van der Waals surface area contributed by atoms with E-state index in [1.165, 1.54) is 360 Å². The zero-order valence-corrected chi connectivity index (χ0v) is 59.0. The predicted octanol–water partition coefficient (Wildman–Crippen LogP) is 28.5. The third-order valence-corrected chi connectivity index (χ3v) is 20.2. The summed E-state index contributed by atoms with van der Waals surface area (Å²) in [5.41, 5.74) is 2.31. The van der Waals surface area contributed by atoms with Gasteiger partial charge in [0.2, 0.25) is 0 Å². The molecule has 0 bridgehead atoms. The Kier molecular flexibility index (Phi) is 46.0. The van der Waals surface area contributed by atoms with E-state index in [1.54, 1.807) is 30.3 Å². The van der Waals surface area contributed by atoms with Gasteiger partial charge in [0.05, 0.1) is 5.56 Å². The van der Waals surface area contributed by atoms with Crippen molar-refractivity contribution < 1.29 is 23.9 Å². The van der Waals surface area contributed by atoms with Crippen LogP contribution in [0.15, 0.2) is 78.9 Å². The number of hydrogen-bond donors (Lipinski definition) is 0. The van der Waals surface area contributed by atoms with E-state index in [0.29, 0.717) is 40.2 Å². The molecule has 0 unspecified atom stereocenters. The molecule has 0 spiro atoms. The van der Waals surface area contributed by atoms with Gasteiger partial charge in [-0.3, -0.25) is 14.4 Å². The van der Waals surface area contributed by atoms with Crippen molar-refractivity contribution >= 4 is 28.3 Å². The molecule has 510 valence electrons. The van der Waals surface area contributed by atoms with E-state index in [4.69, 9.17) is 9.47 Å². The van der Waals surface area contributed by atoms with E-state index in [1.807, 2.05) is 48.5 Å². The SMILES string of the molecule is CCCCCCCCCCCCCCCCCCCCCCCCCCCCCCCCCCCCCCCCCCCCCCCCCCCCCCCCCCCCC(=O)OCc1ccc(Oc2c3c(cc4ccccc24)C(=O)c2ccccc2C3=O)cc1. The number of carbonyl (C=O) groups is 3. The first-order valence-corrected chi connectivity index (χ1v) is 39.7. The highest BCUT2D eigenvalue weighted by molar-refractivity contribution is 6.31. The molecule has 5 rings (SSSR count). The number of ketones is 2. The van der Waals surface area contributed by atoms with Crippen molar-refractivity contribution in [2.24, 2.45) is 0 Å². The summed E-state index contributed by atoms with van der Waals surface area (Å²) in [7, 11) is 0. The lowest BCUT2D eigenvalue weighted by molar-refractivity contribution is -0.145. The molecule has 0 atom stereocenters. The highest BCUT2D eigenvalue weighted by atomic mass is 16.5. The Hall–Kier alpha value is -4.25. The number of unbranched alkanes of at least 4 members (excludes halogenated alkanes) is 57. The van der Waals surface area contributed by atoms with Crippen LogP contribution in [0.25, 0.3) is 10.8 Å². The minimum absolute atomic E-state index is 0.163. The number of hydrogen-bond acceptors (Lipinski definition) is 5. The molecule has 0 radical (unpaired) electrons. The van der Waals surface area contributed by atoms with Crippen molar-refractivity contribution in [1.82, 2.24) is 0 Å². The maximum atomic E-state index is 13.8. The largest absolute Gasteiger partial charge is 0.461 e. The van der Waals surface area contributed by atoms with Crippen LogP contribution in [-0.2, 0) is 16.1 Å². The summed E-state index contributed by atoms with van der Waals surface area (Å²) in [6.45, 7) is 2.51. The van der Waals surface area contributed by atoms with Gasteiger partial charge in [-0.1, -0.05) is 434 Å². The number of carbonyl (C=O) groups excluding carboxylic acids is 3. The number of ether oxygens (including phenoxy) is 2. The van der Waals surface area contributed by atoms with Crippen molar-refractivity contribution in [3.8, 4) is 11.5 Å². The maximum Gasteiger partial charge on any atom is 0.306 e. The topological polar surface area (TPSA) is 69.7 Å². The molecule has 1 aliphatic rings. The average Bonchev–Trinajstić information content (AvgIpc) is 0.760. The van der Waals surface area contributed by atoms with Crippen LogP contribution in [0.5, 0.6) is 11.5 Å². The van der Waals surface area contributed by atoms with Crippen LogP contribution < -0.4 is 4.74 Å². The molecular formula is C86H136O5. The molecule has 0 amide bonds. The molecule has 0 heterocycles. The third kappa shape index (κ3) is 36.3. The summed E-state index contributed by atoms with van der Waals surface area (Å²) in [6.07, 6.45) is 83.6. The van der Waals surface area contributed by atoms with E-state index in [9.17, 15) is 14.4 Å². The molecule has 1 aliphatic carbocycles. The molecular weight excluding hydrogens is 1110 g/mol. The molecule has 0 aliphatic heterocycles. The van der Waals surface area contributed by atoms with Gasteiger partial charge in [0.1, 0.15) is 18.1 Å². The minimum Gasteiger partial charge on any atom is -0.461 e. The first-order valence-electron chi connectivity index (χ1n) is 39.7. The number of fused-ring (bicyclic) bond motifs is 3. The zero-order chi connectivity index (χ0) is 64.0. The van der Waals surface area contributed by atoms with Crippen LogP contribution in [0, 0.1) is 0 Å². The van der Waals surface area contributed by atoms with Crippen LogP contribution in [0.3, 0.4) is 0 Å². The quantitative estimate of drug-likeness (QED) is 0.0287. The summed E-state index contributed by atoms with van der Waals surface area (Å²) < 4.78 is 12.0. The molecule has 0 aromatic heterocycles. The normalized spacial score (nSPS) is 12.1. The van der Waals surface area contributed by atoms with Gasteiger partial charge in [-0.2, -0.15) is 0 Å². The zero-order valence-electron chi connectivity index (χ0n) is 59.0. The summed E-state index contributed by atoms with van der Waals surface area (Å²) in [5.74, 6) is 0.350. The van der Waals surface area contributed by atoms with E-state index in [-0.39, 0.29) is 24.1 Å². The molecule has 0 saturated carbocycles. The monoisotopic (exact) mass is 1250 g/mol. The lowest BCUT2D eigenvalue weighted by Crippen LogP contribution is -2.21. The van der Waals surface area contributed by atoms with Gasteiger partial charge in [-0.15, -0.1) is 0 Å². The molecule has 4 aromatic rings. The summed E-state index contributed by atoms with van der Waals surface area (Å²) in [6, 6.07) is 23.8. The Morgan fingerprint density at radius 3 is 0.923 bits per heavy atom. The summed E-state index contributed by atoms with van der Waals surface area (Å²) >= 11 is 0. The van der Waals surface area contributed by atoms with Crippen molar-refractivity contribution in [2.75, 3.05) is 0 Å². The fourth-order valence-corrected chi connectivity index (χ4v) is 14.2. The molecule has 4 aromatic carbocycles. The van der Waals surface area contributed by atoms with Gasteiger partial charge in [-0.05, 0) is 35.6 Å². The van der Waals surface area contributed by atoms with Crippen LogP contribution in [-0.4, -0.2) is 17.5 Å². The van der Waals surface area contributed by atoms with Crippen LogP contribution in [0.4, 0.5) is 0 Å². The molecule has 91 heavy (non-hydrogen) atoms. The Morgan fingerprint density at radius 1 is 0.308 bits per heavy atom. The Balaban J connectivity index is 0.659. The fraction of sp³-hybridized carbons (Fsp3) is 0.709. The maximum absolute atomic E-state index is 13.8. The van der Waals surface area contributed by atoms with Crippen molar-refractivity contribution in [2.45, 2.75) is 392 Å². The summed E-state index contributed by atoms with van der Waals surface area (Å²) in [5, 5.41) is 1.59. The van der Waals surface area contributed by atoms with Gasteiger partial charge in [0, 0.05) is 28.5 Å². The molecule has 0 fully saturated rings. The summed E-state index contributed by atoms with van der Waals surface area (Å²) in [4.78, 5) is 39.8. The highest BCUT2D eigenvalue weighted by Gasteiger charge is 2.34. The fourth-order valence-electron chi connectivity index (χ4n) is 14.2.